The average Bonchev–Trinajstić information content (AvgIpc) is 3.11. The summed E-state index contributed by atoms with van der Waals surface area (Å²) in [7, 11) is 0. The Morgan fingerprint density at radius 3 is 3.00 bits per heavy atom. The zero-order valence-electron chi connectivity index (χ0n) is 13.6. The van der Waals surface area contributed by atoms with E-state index in [-0.39, 0.29) is 6.03 Å². The van der Waals surface area contributed by atoms with Gasteiger partial charge in [-0.2, -0.15) is 4.98 Å². The van der Waals surface area contributed by atoms with E-state index in [0.29, 0.717) is 24.7 Å². The molecule has 0 aliphatic heterocycles. The molecule has 8 heteroatoms. The fourth-order valence-corrected chi connectivity index (χ4v) is 2.59. The highest BCUT2D eigenvalue weighted by Crippen LogP contribution is 2.18. The lowest BCUT2D eigenvalue weighted by Crippen LogP contribution is -2.30. The Morgan fingerprint density at radius 2 is 2.20 bits per heavy atom. The van der Waals surface area contributed by atoms with Crippen LogP contribution in [0, 0.1) is 0 Å². The van der Waals surface area contributed by atoms with Crippen LogP contribution in [0.5, 0.6) is 0 Å². The maximum atomic E-state index is 11.9. The molecule has 7 nitrogen and oxygen atoms in total. The predicted molar refractivity (Wildman–Crippen MR) is 96.5 cm³/mol. The van der Waals surface area contributed by atoms with E-state index in [9.17, 15) is 4.79 Å². The summed E-state index contributed by atoms with van der Waals surface area (Å²) in [6.07, 6.45) is 5.79. The third-order valence-electron chi connectivity index (χ3n) is 3.34. The van der Waals surface area contributed by atoms with Crippen molar-refractivity contribution in [2.45, 2.75) is 11.3 Å². The molecular formula is C17H17N5O2S. The number of thioether (sulfide) groups is 1. The van der Waals surface area contributed by atoms with Crippen molar-refractivity contribution in [3.8, 4) is 11.4 Å². The van der Waals surface area contributed by atoms with Gasteiger partial charge in [0.1, 0.15) is 0 Å². The molecule has 2 amide bonds. The van der Waals surface area contributed by atoms with E-state index < -0.39 is 0 Å². The predicted octanol–water partition coefficient (Wildman–Crippen LogP) is 3.22. The Kier molecular flexibility index (Phi) is 5.63. The Bertz CT molecular complexity index is 838. The standard InChI is InChI=1S/C17H17N5O2S/c1-25-14-6-2-5-13(10-14)20-17(23)19-9-7-15-21-16(22-24-15)12-4-3-8-18-11-12/h2-6,8,10-11H,7,9H2,1H3,(H2,19,20,23). The van der Waals surface area contributed by atoms with Crippen LogP contribution in [0.15, 0.2) is 58.2 Å². The minimum absolute atomic E-state index is 0.273. The lowest BCUT2D eigenvalue weighted by molar-refractivity contribution is 0.252. The van der Waals surface area contributed by atoms with Crippen molar-refractivity contribution < 1.29 is 9.32 Å². The molecule has 25 heavy (non-hydrogen) atoms. The van der Waals surface area contributed by atoms with Crippen molar-refractivity contribution in [3.05, 3.63) is 54.7 Å². The molecule has 0 fully saturated rings. The third kappa shape index (κ3) is 4.80. The van der Waals surface area contributed by atoms with Crippen LogP contribution in [0.3, 0.4) is 0 Å². The van der Waals surface area contributed by atoms with Gasteiger partial charge in [0.05, 0.1) is 0 Å². The second-order valence-corrected chi connectivity index (χ2v) is 6.00. The molecule has 2 aromatic heterocycles. The van der Waals surface area contributed by atoms with Crippen molar-refractivity contribution >= 4 is 23.5 Å². The van der Waals surface area contributed by atoms with E-state index in [1.54, 1.807) is 24.2 Å². The summed E-state index contributed by atoms with van der Waals surface area (Å²) in [5.74, 6) is 0.949. The molecule has 3 aromatic rings. The number of nitrogens with one attached hydrogen (secondary N) is 2. The van der Waals surface area contributed by atoms with Gasteiger partial charge in [0.25, 0.3) is 0 Å². The van der Waals surface area contributed by atoms with Gasteiger partial charge < -0.3 is 15.2 Å². The molecule has 3 rings (SSSR count). The summed E-state index contributed by atoms with van der Waals surface area (Å²) in [5.41, 5.74) is 1.54. The van der Waals surface area contributed by atoms with Gasteiger partial charge >= 0.3 is 6.03 Å². The first-order chi connectivity index (χ1) is 12.2. The number of pyridine rings is 1. The molecule has 2 N–H and O–H groups in total. The number of hydrogen-bond acceptors (Lipinski definition) is 6. The smallest absolute Gasteiger partial charge is 0.319 e. The number of carbonyl (C=O) groups is 1. The molecule has 2 heterocycles. The van der Waals surface area contributed by atoms with Gasteiger partial charge in [-0.25, -0.2) is 4.79 Å². The van der Waals surface area contributed by atoms with Gasteiger partial charge in [-0.05, 0) is 36.6 Å². The summed E-state index contributed by atoms with van der Waals surface area (Å²) in [6.45, 7) is 0.392. The number of benzene rings is 1. The molecule has 0 aliphatic rings. The van der Waals surface area contributed by atoms with Gasteiger partial charge in [0.15, 0.2) is 0 Å². The van der Waals surface area contributed by atoms with E-state index in [2.05, 4.69) is 25.8 Å². The highest BCUT2D eigenvalue weighted by Gasteiger charge is 2.09. The number of carbonyl (C=O) groups excluding carboxylic acids is 1. The van der Waals surface area contributed by atoms with Gasteiger partial charge in [-0.15, -0.1) is 11.8 Å². The van der Waals surface area contributed by atoms with E-state index in [1.807, 2.05) is 42.7 Å². The molecule has 0 spiro atoms. The van der Waals surface area contributed by atoms with Crippen molar-refractivity contribution in [2.75, 3.05) is 18.1 Å². The van der Waals surface area contributed by atoms with Gasteiger partial charge in [0, 0.05) is 41.5 Å². The molecule has 0 atom stereocenters. The normalized spacial score (nSPS) is 10.4. The SMILES string of the molecule is CSc1cccc(NC(=O)NCCc2nc(-c3cccnc3)no2)c1. The molecule has 1 aromatic carbocycles. The number of anilines is 1. The van der Waals surface area contributed by atoms with E-state index >= 15 is 0 Å². The average molecular weight is 355 g/mol. The third-order valence-corrected chi connectivity index (χ3v) is 4.07. The van der Waals surface area contributed by atoms with Gasteiger partial charge in [-0.1, -0.05) is 11.2 Å². The first kappa shape index (κ1) is 17.0. The monoisotopic (exact) mass is 355 g/mol. The first-order valence-corrected chi connectivity index (χ1v) is 8.89. The van der Waals surface area contributed by atoms with Crippen LogP contribution in [-0.4, -0.2) is 34.0 Å². The highest BCUT2D eigenvalue weighted by atomic mass is 32.2. The molecule has 0 unspecified atom stereocenters. The van der Waals surface area contributed by atoms with Gasteiger partial charge in [-0.3, -0.25) is 4.98 Å². The van der Waals surface area contributed by atoms with E-state index in [1.165, 1.54) is 0 Å². The molecule has 128 valence electrons. The maximum absolute atomic E-state index is 11.9. The van der Waals surface area contributed by atoms with Crippen LogP contribution < -0.4 is 10.6 Å². The number of nitrogens with zero attached hydrogens (tertiary/aromatic N) is 3. The Labute approximate surface area is 149 Å². The van der Waals surface area contributed by atoms with Crippen LogP contribution in [-0.2, 0) is 6.42 Å². The second-order valence-electron chi connectivity index (χ2n) is 5.12. The molecule has 0 radical (unpaired) electrons. The fraction of sp³-hybridized carbons (Fsp3) is 0.176. The number of amides is 2. The van der Waals surface area contributed by atoms with Crippen LogP contribution in [0.4, 0.5) is 10.5 Å². The zero-order valence-corrected chi connectivity index (χ0v) is 14.4. The summed E-state index contributed by atoms with van der Waals surface area (Å²) in [6, 6.07) is 11.0. The lowest BCUT2D eigenvalue weighted by Gasteiger charge is -2.07. The summed E-state index contributed by atoms with van der Waals surface area (Å²) in [4.78, 5) is 21.3. The van der Waals surface area contributed by atoms with E-state index in [0.717, 1.165) is 16.1 Å². The first-order valence-electron chi connectivity index (χ1n) is 7.66. The largest absolute Gasteiger partial charge is 0.339 e. The van der Waals surface area contributed by atoms with Crippen LogP contribution in [0.1, 0.15) is 5.89 Å². The Hall–Kier alpha value is -2.87. The number of aromatic nitrogens is 3. The molecule has 0 aliphatic carbocycles. The topological polar surface area (TPSA) is 92.9 Å². The minimum atomic E-state index is -0.273. The summed E-state index contributed by atoms with van der Waals surface area (Å²) < 4.78 is 5.19. The maximum Gasteiger partial charge on any atom is 0.319 e. The number of rotatable bonds is 6. The molecular weight excluding hydrogens is 338 g/mol. The van der Waals surface area contributed by atoms with Crippen LogP contribution in [0.25, 0.3) is 11.4 Å². The van der Waals surface area contributed by atoms with Crippen molar-refractivity contribution in [2.24, 2.45) is 0 Å². The highest BCUT2D eigenvalue weighted by molar-refractivity contribution is 7.98. The van der Waals surface area contributed by atoms with Gasteiger partial charge in [0.2, 0.25) is 11.7 Å². The minimum Gasteiger partial charge on any atom is -0.339 e. The molecule has 0 saturated heterocycles. The molecule has 0 saturated carbocycles. The quantitative estimate of drug-likeness (QED) is 0.660. The van der Waals surface area contributed by atoms with Crippen molar-refractivity contribution in [1.29, 1.82) is 0 Å². The summed E-state index contributed by atoms with van der Waals surface area (Å²) in [5, 5.41) is 9.48. The zero-order chi connectivity index (χ0) is 17.5. The van der Waals surface area contributed by atoms with Crippen molar-refractivity contribution in [1.82, 2.24) is 20.4 Å². The van der Waals surface area contributed by atoms with Crippen molar-refractivity contribution in [3.63, 3.8) is 0 Å². The number of urea groups is 1. The summed E-state index contributed by atoms with van der Waals surface area (Å²) >= 11 is 1.62. The number of hydrogen-bond donors (Lipinski definition) is 2. The van der Waals surface area contributed by atoms with E-state index in [4.69, 9.17) is 4.52 Å². The Balaban J connectivity index is 1.48. The fourth-order valence-electron chi connectivity index (χ4n) is 2.13. The lowest BCUT2D eigenvalue weighted by atomic mass is 10.3. The van der Waals surface area contributed by atoms with Crippen LogP contribution in [0.2, 0.25) is 0 Å². The van der Waals surface area contributed by atoms with Crippen LogP contribution >= 0.6 is 11.8 Å². The Morgan fingerprint density at radius 1 is 1.28 bits per heavy atom. The molecule has 0 bridgehead atoms. The second kappa shape index (κ2) is 8.29.